The van der Waals surface area contributed by atoms with Gasteiger partial charge in [0.15, 0.2) is 0 Å². The third kappa shape index (κ3) is 4.64. The third-order valence-electron chi connectivity index (χ3n) is 3.91. The Morgan fingerprint density at radius 1 is 1.30 bits per heavy atom. The molecule has 1 aromatic heterocycles. The summed E-state index contributed by atoms with van der Waals surface area (Å²) in [5.41, 5.74) is 8.42. The number of nitrogens with zero attached hydrogens (tertiary/aromatic N) is 1. The van der Waals surface area contributed by atoms with Gasteiger partial charge in [-0.2, -0.15) is 0 Å². The van der Waals surface area contributed by atoms with E-state index in [0.29, 0.717) is 17.4 Å². The van der Waals surface area contributed by atoms with Crippen molar-refractivity contribution < 1.29 is 4.74 Å². The standard InChI is InChI=1S/C16H18ClN3O.2ClH/c1-19-16(5-6-16)10-21-13-8-14(15(17)20-9-13)11-3-2-4-12(18)7-11;;/h2-4,7-9,19H,5-6,10,18H2,1H3;2*1H. The molecule has 126 valence electrons. The maximum absolute atomic E-state index is 6.19. The number of nitrogen functional groups attached to an aromatic ring is 1. The molecular weight excluding hydrogens is 357 g/mol. The van der Waals surface area contributed by atoms with Crippen LogP contribution in [0.4, 0.5) is 5.69 Å². The second-order valence-electron chi connectivity index (χ2n) is 5.45. The molecule has 7 heteroatoms. The van der Waals surface area contributed by atoms with Crippen molar-refractivity contribution in [1.29, 1.82) is 0 Å². The smallest absolute Gasteiger partial charge is 0.138 e. The van der Waals surface area contributed by atoms with E-state index in [1.807, 2.05) is 37.4 Å². The quantitative estimate of drug-likeness (QED) is 0.612. The van der Waals surface area contributed by atoms with E-state index < -0.39 is 0 Å². The summed E-state index contributed by atoms with van der Waals surface area (Å²) in [4.78, 5) is 4.21. The Labute approximate surface area is 153 Å². The summed E-state index contributed by atoms with van der Waals surface area (Å²) in [7, 11) is 1.97. The molecule has 4 nitrogen and oxygen atoms in total. The van der Waals surface area contributed by atoms with Gasteiger partial charge >= 0.3 is 0 Å². The number of benzene rings is 1. The lowest BCUT2D eigenvalue weighted by molar-refractivity contribution is 0.259. The molecule has 0 radical (unpaired) electrons. The summed E-state index contributed by atoms with van der Waals surface area (Å²) < 4.78 is 5.86. The average Bonchev–Trinajstić information content (AvgIpc) is 3.27. The van der Waals surface area contributed by atoms with Crippen LogP contribution in [-0.4, -0.2) is 24.2 Å². The molecule has 0 unspecified atom stereocenters. The SMILES string of the molecule is CNC1(COc2cnc(Cl)c(-c3cccc(N)c3)c2)CC1.Cl.Cl. The van der Waals surface area contributed by atoms with E-state index >= 15 is 0 Å². The van der Waals surface area contributed by atoms with Crippen LogP contribution in [0.1, 0.15) is 12.8 Å². The molecule has 0 bridgehead atoms. The maximum Gasteiger partial charge on any atom is 0.138 e. The number of halogens is 3. The Balaban J connectivity index is 0.00000132. The van der Waals surface area contributed by atoms with Crippen molar-refractivity contribution in [3.05, 3.63) is 41.7 Å². The second kappa shape index (κ2) is 8.06. The van der Waals surface area contributed by atoms with E-state index in [1.54, 1.807) is 6.20 Å². The minimum atomic E-state index is 0. The highest BCUT2D eigenvalue weighted by molar-refractivity contribution is 6.32. The molecule has 1 aliphatic carbocycles. The predicted molar refractivity (Wildman–Crippen MR) is 100 cm³/mol. The molecule has 1 aromatic carbocycles. The van der Waals surface area contributed by atoms with Gasteiger partial charge in [0.05, 0.1) is 11.7 Å². The minimum Gasteiger partial charge on any atom is -0.490 e. The van der Waals surface area contributed by atoms with Gasteiger partial charge in [-0.1, -0.05) is 23.7 Å². The molecule has 3 rings (SSSR count). The van der Waals surface area contributed by atoms with Crippen LogP contribution in [0.3, 0.4) is 0 Å². The summed E-state index contributed by atoms with van der Waals surface area (Å²) in [6, 6.07) is 9.49. The molecule has 1 aliphatic rings. The van der Waals surface area contributed by atoms with Crippen LogP contribution in [0.2, 0.25) is 5.15 Å². The largest absolute Gasteiger partial charge is 0.490 e. The van der Waals surface area contributed by atoms with Crippen molar-refractivity contribution in [2.75, 3.05) is 19.4 Å². The molecule has 0 atom stereocenters. The van der Waals surface area contributed by atoms with Gasteiger partial charge in [0.25, 0.3) is 0 Å². The van der Waals surface area contributed by atoms with Crippen LogP contribution in [-0.2, 0) is 0 Å². The molecule has 0 amide bonds. The summed E-state index contributed by atoms with van der Waals surface area (Å²) in [6.07, 6.45) is 3.95. The van der Waals surface area contributed by atoms with E-state index in [0.717, 1.165) is 29.7 Å². The molecule has 1 saturated carbocycles. The molecular formula is C16H20Cl3N3O. The molecule has 0 saturated heterocycles. The van der Waals surface area contributed by atoms with Gasteiger partial charge in [0, 0.05) is 11.3 Å². The highest BCUT2D eigenvalue weighted by atomic mass is 35.5. The first kappa shape index (κ1) is 19.8. The van der Waals surface area contributed by atoms with Gasteiger partial charge in [-0.15, -0.1) is 24.8 Å². The van der Waals surface area contributed by atoms with Crippen molar-refractivity contribution in [2.45, 2.75) is 18.4 Å². The van der Waals surface area contributed by atoms with Crippen molar-refractivity contribution in [3.63, 3.8) is 0 Å². The van der Waals surface area contributed by atoms with E-state index in [4.69, 9.17) is 22.1 Å². The average molecular weight is 377 g/mol. The normalized spacial score (nSPS) is 14.3. The van der Waals surface area contributed by atoms with E-state index in [9.17, 15) is 0 Å². The summed E-state index contributed by atoms with van der Waals surface area (Å²) in [5, 5.41) is 3.75. The molecule has 0 aliphatic heterocycles. The van der Waals surface area contributed by atoms with Gasteiger partial charge in [-0.05, 0) is 43.7 Å². The Hall–Kier alpha value is -1.20. The second-order valence-corrected chi connectivity index (χ2v) is 5.81. The Bertz CT molecular complexity index is 663. The molecule has 2 aromatic rings. The number of nitrogens with one attached hydrogen (secondary N) is 1. The van der Waals surface area contributed by atoms with Crippen molar-refractivity contribution in [1.82, 2.24) is 10.3 Å². The van der Waals surface area contributed by atoms with Crippen molar-refractivity contribution in [3.8, 4) is 16.9 Å². The first-order valence-electron chi connectivity index (χ1n) is 6.95. The zero-order chi connectivity index (χ0) is 14.9. The fraction of sp³-hybridized carbons (Fsp3) is 0.312. The number of anilines is 1. The van der Waals surface area contributed by atoms with Gasteiger partial charge in [-0.25, -0.2) is 4.98 Å². The summed E-state index contributed by atoms with van der Waals surface area (Å²) in [6.45, 7) is 0.642. The highest BCUT2D eigenvalue weighted by Gasteiger charge is 2.41. The first-order valence-corrected chi connectivity index (χ1v) is 7.33. The van der Waals surface area contributed by atoms with E-state index in [1.165, 1.54) is 0 Å². The number of hydrogen-bond donors (Lipinski definition) is 2. The zero-order valence-electron chi connectivity index (χ0n) is 12.7. The fourth-order valence-electron chi connectivity index (χ4n) is 2.26. The van der Waals surface area contributed by atoms with Crippen LogP contribution in [0, 0.1) is 0 Å². The van der Waals surface area contributed by atoms with E-state index in [-0.39, 0.29) is 30.4 Å². The van der Waals surface area contributed by atoms with Crippen LogP contribution in [0.5, 0.6) is 5.75 Å². The van der Waals surface area contributed by atoms with Crippen LogP contribution < -0.4 is 15.8 Å². The number of aromatic nitrogens is 1. The monoisotopic (exact) mass is 375 g/mol. The van der Waals surface area contributed by atoms with E-state index in [2.05, 4.69) is 10.3 Å². The number of ether oxygens (including phenoxy) is 1. The van der Waals surface area contributed by atoms with Crippen LogP contribution in [0.15, 0.2) is 36.5 Å². The number of likely N-dealkylation sites (N-methyl/N-ethyl adjacent to an activating group) is 1. The predicted octanol–water partition coefficient (Wildman–Crippen LogP) is 3.96. The Morgan fingerprint density at radius 3 is 2.65 bits per heavy atom. The lowest BCUT2D eigenvalue weighted by atomic mass is 10.1. The van der Waals surface area contributed by atoms with Crippen molar-refractivity contribution in [2.24, 2.45) is 0 Å². The summed E-state index contributed by atoms with van der Waals surface area (Å²) in [5.74, 6) is 0.721. The fourth-order valence-corrected chi connectivity index (χ4v) is 2.47. The summed E-state index contributed by atoms with van der Waals surface area (Å²) >= 11 is 6.19. The zero-order valence-corrected chi connectivity index (χ0v) is 15.1. The highest BCUT2D eigenvalue weighted by Crippen LogP contribution is 2.36. The molecule has 23 heavy (non-hydrogen) atoms. The van der Waals surface area contributed by atoms with Crippen LogP contribution in [0.25, 0.3) is 11.1 Å². The molecule has 1 fully saturated rings. The number of rotatable bonds is 5. The first-order chi connectivity index (χ1) is 10.1. The van der Waals surface area contributed by atoms with Gasteiger partial charge in [-0.3, -0.25) is 0 Å². The maximum atomic E-state index is 6.19. The van der Waals surface area contributed by atoms with Gasteiger partial charge < -0.3 is 15.8 Å². The van der Waals surface area contributed by atoms with Crippen molar-refractivity contribution >= 4 is 42.1 Å². The lowest BCUT2D eigenvalue weighted by Crippen LogP contribution is -2.33. The van der Waals surface area contributed by atoms with Crippen LogP contribution >= 0.6 is 36.4 Å². The number of hydrogen-bond acceptors (Lipinski definition) is 4. The minimum absolute atomic E-state index is 0. The van der Waals surface area contributed by atoms with Gasteiger partial charge in [0.2, 0.25) is 0 Å². The Kier molecular flexibility index (Phi) is 6.96. The third-order valence-corrected chi connectivity index (χ3v) is 4.21. The van der Waals surface area contributed by atoms with Gasteiger partial charge in [0.1, 0.15) is 17.5 Å². The number of nitrogens with two attached hydrogens (primary N) is 1. The molecule has 0 spiro atoms. The molecule has 1 heterocycles. The topological polar surface area (TPSA) is 60.2 Å². The number of pyridine rings is 1. The Morgan fingerprint density at radius 2 is 2.04 bits per heavy atom. The molecule has 3 N–H and O–H groups in total. The lowest BCUT2D eigenvalue weighted by Gasteiger charge is -2.16.